The summed E-state index contributed by atoms with van der Waals surface area (Å²) in [5.74, 6) is -0.306. The first-order chi connectivity index (χ1) is 6.68. The number of anilines is 1. The van der Waals surface area contributed by atoms with Crippen LogP contribution in [0.25, 0.3) is 0 Å². The van der Waals surface area contributed by atoms with Crippen molar-refractivity contribution in [3.8, 4) is 0 Å². The van der Waals surface area contributed by atoms with Crippen LogP contribution >= 0.6 is 11.6 Å². The van der Waals surface area contributed by atoms with Gasteiger partial charge in [0.25, 0.3) is 0 Å². The number of carbonyl (C=O) groups excluding carboxylic acids is 2. The van der Waals surface area contributed by atoms with Gasteiger partial charge in [0.15, 0.2) is 10.9 Å². The predicted octanol–water partition coefficient (Wildman–Crippen LogP) is 1.04. The number of ketones is 1. The van der Waals surface area contributed by atoms with Crippen LogP contribution in [0.1, 0.15) is 6.42 Å². The lowest BCUT2D eigenvalue weighted by molar-refractivity contribution is -0.121. The summed E-state index contributed by atoms with van der Waals surface area (Å²) in [5, 5.41) is 0.246. The maximum Gasteiger partial charge on any atom is 0.235 e. The lowest BCUT2D eigenvalue weighted by Crippen LogP contribution is -2.24. The Hall–Kier alpha value is -1.42. The van der Waals surface area contributed by atoms with Gasteiger partial charge in [0.05, 0.1) is 18.7 Å². The number of hydrogen-bond acceptors (Lipinski definition) is 3. The van der Waals surface area contributed by atoms with Gasteiger partial charge in [-0.3, -0.25) is 9.59 Å². The first kappa shape index (κ1) is 9.15. The highest BCUT2D eigenvalue weighted by Gasteiger charge is 2.29. The van der Waals surface area contributed by atoms with Gasteiger partial charge in [-0.1, -0.05) is 11.6 Å². The molecule has 5 heteroatoms. The summed E-state index contributed by atoms with van der Waals surface area (Å²) in [6, 6.07) is 3.35. The van der Waals surface area contributed by atoms with Gasteiger partial charge in [-0.15, -0.1) is 0 Å². The Morgan fingerprint density at radius 3 is 2.79 bits per heavy atom. The molecule has 0 radical (unpaired) electrons. The third-order valence-corrected chi connectivity index (χ3v) is 2.31. The SMILES string of the molecule is O=C1CC(=O)N(c2cccnc2Cl)C1. The molecule has 0 saturated carbocycles. The number of aromatic nitrogens is 1. The minimum Gasteiger partial charge on any atom is -0.302 e. The van der Waals surface area contributed by atoms with E-state index >= 15 is 0 Å². The van der Waals surface area contributed by atoms with Crippen LogP contribution in [0, 0.1) is 0 Å². The number of carbonyl (C=O) groups is 2. The van der Waals surface area contributed by atoms with E-state index < -0.39 is 0 Å². The second-order valence-electron chi connectivity index (χ2n) is 3.01. The minimum atomic E-state index is -0.218. The molecule has 0 aliphatic carbocycles. The molecule has 0 N–H and O–H groups in total. The van der Waals surface area contributed by atoms with Crippen molar-refractivity contribution in [2.24, 2.45) is 0 Å². The quantitative estimate of drug-likeness (QED) is 0.514. The number of amides is 1. The first-order valence-electron chi connectivity index (χ1n) is 4.11. The molecular weight excluding hydrogens is 204 g/mol. The Morgan fingerprint density at radius 1 is 1.43 bits per heavy atom. The molecule has 1 fully saturated rings. The molecule has 1 aromatic rings. The summed E-state index contributed by atoms with van der Waals surface area (Å²) in [6.07, 6.45) is 1.50. The van der Waals surface area contributed by atoms with E-state index in [0.717, 1.165) is 0 Å². The van der Waals surface area contributed by atoms with Gasteiger partial charge in [-0.2, -0.15) is 0 Å². The summed E-state index contributed by atoms with van der Waals surface area (Å²) >= 11 is 5.80. The maximum absolute atomic E-state index is 11.4. The molecule has 0 aromatic carbocycles. The Bertz CT molecular complexity index is 406. The lowest BCUT2D eigenvalue weighted by atomic mass is 10.3. The molecule has 0 unspecified atom stereocenters. The third-order valence-electron chi connectivity index (χ3n) is 2.01. The standard InChI is InChI=1S/C9H7ClN2O2/c10-9-7(2-1-3-11-9)12-5-6(13)4-8(12)14/h1-3H,4-5H2. The Balaban J connectivity index is 2.36. The van der Waals surface area contributed by atoms with Crippen LogP contribution in [0.15, 0.2) is 18.3 Å². The molecule has 14 heavy (non-hydrogen) atoms. The van der Waals surface area contributed by atoms with Crippen LogP contribution in [0.2, 0.25) is 5.15 Å². The van der Waals surface area contributed by atoms with E-state index in [4.69, 9.17) is 11.6 Å². The summed E-state index contributed by atoms with van der Waals surface area (Å²) in [5.41, 5.74) is 0.505. The van der Waals surface area contributed by atoms with E-state index in [2.05, 4.69) is 4.98 Å². The van der Waals surface area contributed by atoms with Crippen LogP contribution in [-0.4, -0.2) is 23.2 Å². The van der Waals surface area contributed by atoms with Crippen molar-refractivity contribution < 1.29 is 9.59 Å². The number of nitrogens with zero attached hydrogens (tertiary/aromatic N) is 2. The van der Waals surface area contributed by atoms with Crippen molar-refractivity contribution in [2.75, 3.05) is 11.4 Å². The monoisotopic (exact) mass is 210 g/mol. The van der Waals surface area contributed by atoms with Crippen LogP contribution in [-0.2, 0) is 9.59 Å². The fraction of sp³-hybridized carbons (Fsp3) is 0.222. The zero-order valence-electron chi connectivity index (χ0n) is 7.24. The molecule has 72 valence electrons. The van der Waals surface area contributed by atoms with Crippen molar-refractivity contribution in [2.45, 2.75) is 6.42 Å². The maximum atomic E-state index is 11.4. The number of Topliss-reactive ketones (excluding diaryl/α,β-unsaturated/α-hetero) is 1. The smallest absolute Gasteiger partial charge is 0.235 e. The van der Waals surface area contributed by atoms with E-state index in [1.54, 1.807) is 12.1 Å². The van der Waals surface area contributed by atoms with Gasteiger partial charge in [-0.25, -0.2) is 4.98 Å². The molecule has 0 spiro atoms. The van der Waals surface area contributed by atoms with E-state index in [0.29, 0.717) is 5.69 Å². The Morgan fingerprint density at radius 2 is 2.21 bits per heavy atom. The summed E-state index contributed by atoms with van der Waals surface area (Å²) < 4.78 is 0. The Labute approximate surface area is 85.5 Å². The average Bonchev–Trinajstić information content (AvgIpc) is 2.46. The van der Waals surface area contributed by atoms with Gasteiger partial charge < -0.3 is 4.90 Å². The predicted molar refractivity (Wildman–Crippen MR) is 51.2 cm³/mol. The summed E-state index contributed by atoms with van der Waals surface area (Å²) in [6.45, 7) is 0.101. The fourth-order valence-electron chi connectivity index (χ4n) is 1.38. The van der Waals surface area contributed by atoms with Gasteiger partial charge in [-0.05, 0) is 12.1 Å². The van der Waals surface area contributed by atoms with E-state index in [-0.39, 0.29) is 29.8 Å². The number of pyridine rings is 1. The van der Waals surface area contributed by atoms with Crippen molar-refractivity contribution >= 4 is 29.0 Å². The summed E-state index contributed by atoms with van der Waals surface area (Å²) in [7, 11) is 0. The van der Waals surface area contributed by atoms with Gasteiger partial charge in [0, 0.05) is 6.20 Å². The number of hydrogen-bond donors (Lipinski definition) is 0. The van der Waals surface area contributed by atoms with Crippen LogP contribution in [0.3, 0.4) is 0 Å². The normalized spacial score (nSPS) is 16.5. The highest BCUT2D eigenvalue weighted by molar-refractivity contribution is 6.33. The molecular formula is C9H7ClN2O2. The van der Waals surface area contributed by atoms with Gasteiger partial charge in [0.1, 0.15) is 0 Å². The summed E-state index contributed by atoms with van der Waals surface area (Å²) in [4.78, 5) is 27.6. The molecule has 1 saturated heterocycles. The van der Waals surface area contributed by atoms with Gasteiger partial charge >= 0.3 is 0 Å². The van der Waals surface area contributed by atoms with E-state index in [1.165, 1.54) is 11.1 Å². The topological polar surface area (TPSA) is 50.3 Å². The average molecular weight is 211 g/mol. The third kappa shape index (κ3) is 1.48. The largest absolute Gasteiger partial charge is 0.302 e. The molecule has 1 aliphatic heterocycles. The van der Waals surface area contributed by atoms with Crippen LogP contribution in [0.5, 0.6) is 0 Å². The van der Waals surface area contributed by atoms with Crippen molar-refractivity contribution in [1.29, 1.82) is 0 Å². The first-order valence-corrected chi connectivity index (χ1v) is 4.49. The molecule has 0 atom stereocenters. The second-order valence-corrected chi connectivity index (χ2v) is 3.37. The van der Waals surface area contributed by atoms with Crippen LogP contribution in [0.4, 0.5) is 5.69 Å². The van der Waals surface area contributed by atoms with Crippen molar-refractivity contribution in [3.05, 3.63) is 23.5 Å². The zero-order chi connectivity index (χ0) is 10.1. The van der Waals surface area contributed by atoms with Gasteiger partial charge in [0.2, 0.25) is 5.91 Å². The second kappa shape index (κ2) is 3.38. The highest BCUT2D eigenvalue weighted by atomic mass is 35.5. The molecule has 0 bridgehead atoms. The molecule has 1 aromatic heterocycles. The zero-order valence-corrected chi connectivity index (χ0v) is 7.99. The molecule has 1 aliphatic rings. The number of halogens is 1. The molecule has 2 rings (SSSR count). The highest BCUT2D eigenvalue weighted by Crippen LogP contribution is 2.25. The van der Waals surface area contributed by atoms with E-state index in [1.807, 2.05) is 0 Å². The molecule has 4 nitrogen and oxygen atoms in total. The lowest BCUT2D eigenvalue weighted by Gasteiger charge is -2.14. The molecule has 2 heterocycles. The minimum absolute atomic E-state index is 0.0365. The van der Waals surface area contributed by atoms with E-state index in [9.17, 15) is 9.59 Å². The van der Waals surface area contributed by atoms with Crippen molar-refractivity contribution in [3.63, 3.8) is 0 Å². The number of rotatable bonds is 1. The Kier molecular flexibility index (Phi) is 2.21. The fourth-order valence-corrected chi connectivity index (χ4v) is 1.60. The van der Waals surface area contributed by atoms with Crippen LogP contribution < -0.4 is 4.90 Å². The molecule has 1 amide bonds. The van der Waals surface area contributed by atoms with Crippen molar-refractivity contribution in [1.82, 2.24) is 4.98 Å².